The largest absolute Gasteiger partial charge is 0.397 e. The monoisotopic (exact) mass is 261 g/mol. The fourth-order valence-electron chi connectivity index (χ4n) is 2.02. The molecule has 0 spiro atoms. The Morgan fingerprint density at radius 3 is 2.68 bits per heavy atom. The summed E-state index contributed by atoms with van der Waals surface area (Å²) in [5.41, 5.74) is 9.22. The maximum Gasteiger partial charge on any atom is 0.272 e. The van der Waals surface area contributed by atoms with Gasteiger partial charge in [-0.1, -0.05) is 0 Å². The number of aromatic nitrogens is 3. The van der Waals surface area contributed by atoms with Crippen molar-refractivity contribution in [3.8, 4) is 0 Å². The molecule has 0 saturated carbocycles. The SMILES string of the molecule is Cc1n[nH]c(C)c1NC(=O)c1cc(N)cn1C(C)C. The van der Waals surface area contributed by atoms with Crippen LogP contribution in [0, 0.1) is 13.8 Å². The number of carbonyl (C=O) groups is 1. The molecule has 0 aromatic carbocycles. The summed E-state index contributed by atoms with van der Waals surface area (Å²) in [4.78, 5) is 12.3. The van der Waals surface area contributed by atoms with Gasteiger partial charge in [0.15, 0.2) is 0 Å². The van der Waals surface area contributed by atoms with Crippen LogP contribution in [-0.4, -0.2) is 20.7 Å². The Balaban J connectivity index is 2.30. The second-order valence-corrected chi connectivity index (χ2v) is 4.92. The number of hydrogen-bond donors (Lipinski definition) is 3. The van der Waals surface area contributed by atoms with Crippen LogP contribution in [0.5, 0.6) is 0 Å². The zero-order chi connectivity index (χ0) is 14.2. The Kier molecular flexibility index (Phi) is 3.33. The molecule has 0 aliphatic rings. The molecule has 0 bridgehead atoms. The van der Waals surface area contributed by atoms with E-state index in [1.165, 1.54) is 0 Å². The molecule has 6 nitrogen and oxygen atoms in total. The van der Waals surface area contributed by atoms with Crippen molar-refractivity contribution in [2.24, 2.45) is 0 Å². The normalized spacial score (nSPS) is 11.0. The minimum Gasteiger partial charge on any atom is -0.397 e. The fourth-order valence-corrected chi connectivity index (χ4v) is 2.02. The molecule has 2 rings (SSSR count). The number of nitrogens with two attached hydrogens (primary N) is 1. The summed E-state index contributed by atoms with van der Waals surface area (Å²) in [6.07, 6.45) is 1.77. The van der Waals surface area contributed by atoms with Crippen molar-refractivity contribution in [3.63, 3.8) is 0 Å². The molecule has 2 heterocycles. The van der Waals surface area contributed by atoms with Crippen LogP contribution in [0.2, 0.25) is 0 Å². The van der Waals surface area contributed by atoms with Crippen LogP contribution in [0.3, 0.4) is 0 Å². The third kappa shape index (κ3) is 2.47. The van der Waals surface area contributed by atoms with E-state index in [1.807, 2.05) is 32.3 Å². The fraction of sp³-hybridized carbons (Fsp3) is 0.385. The van der Waals surface area contributed by atoms with Crippen LogP contribution in [0.15, 0.2) is 12.3 Å². The number of nitrogens with zero attached hydrogens (tertiary/aromatic N) is 2. The van der Waals surface area contributed by atoms with Gasteiger partial charge >= 0.3 is 0 Å². The van der Waals surface area contributed by atoms with Crippen molar-refractivity contribution in [1.29, 1.82) is 0 Å². The van der Waals surface area contributed by atoms with Crippen molar-refractivity contribution in [2.75, 3.05) is 11.1 Å². The van der Waals surface area contributed by atoms with Crippen LogP contribution in [0.4, 0.5) is 11.4 Å². The minimum absolute atomic E-state index is 0.171. The molecule has 1 amide bonds. The molecule has 19 heavy (non-hydrogen) atoms. The van der Waals surface area contributed by atoms with Gasteiger partial charge in [-0.15, -0.1) is 0 Å². The quantitative estimate of drug-likeness (QED) is 0.791. The molecule has 2 aromatic heterocycles. The highest BCUT2D eigenvalue weighted by Gasteiger charge is 2.17. The van der Waals surface area contributed by atoms with Crippen molar-refractivity contribution >= 4 is 17.3 Å². The van der Waals surface area contributed by atoms with Gasteiger partial charge in [-0.2, -0.15) is 5.10 Å². The summed E-state index contributed by atoms with van der Waals surface area (Å²) in [7, 11) is 0. The predicted molar refractivity (Wildman–Crippen MR) is 75.2 cm³/mol. The lowest BCUT2D eigenvalue weighted by atomic mass is 10.3. The number of aryl methyl sites for hydroxylation is 2. The topological polar surface area (TPSA) is 88.7 Å². The standard InChI is InChI=1S/C13H19N5O/c1-7(2)18-6-10(14)5-11(18)13(19)15-12-8(3)16-17-9(12)4/h5-7H,14H2,1-4H3,(H,15,19)(H,16,17). The summed E-state index contributed by atoms with van der Waals surface area (Å²) in [5, 5.41) is 9.77. The molecule has 0 saturated heterocycles. The van der Waals surface area contributed by atoms with Gasteiger partial charge in [-0.05, 0) is 33.8 Å². The zero-order valence-corrected chi connectivity index (χ0v) is 11.6. The van der Waals surface area contributed by atoms with Gasteiger partial charge in [0.1, 0.15) is 5.69 Å². The molecular weight excluding hydrogens is 242 g/mol. The van der Waals surface area contributed by atoms with Gasteiger partial charge in [0.2, 0.25) is 0 Å². The number of hydrogen-bond acceptors (Lipinski definition) is 3. The number of nitrogen functional groups attached to an aromatic ring is 1. The van der Waals surface area contributed by atoms with Crippen molar-refractivity contribution in [3.05, 3.63) is 29.3 Å². The van der Waals surface area contributed by atoms with Gasteiger partial charge in [0, 0.05) is 12.2 Å². The third-order valence-electron chi connectivity index (χ3n) is 3.03. The first-order valence-corrected chi connectivity index (χ1v) is 6.20. The van der Waals surface area contributed by atoms with Crippen molar-refractivity contribution < 1.29 is 4.79 Å². The highest BCUT2D eigenvalue weighted by molar-refractivity contribution is 6.04. The maximum absolute atomic E-state index is 12.3. The van der Waals surface area contributed by atoms with Crippen LogP contribution in [-0.2, 0) is 0 Å². The first kappa shape index (κ1) is 13.2. The van der Waals surface area contributed by atoms with E-state index in [0.29, 0.717) is 11.4 Å². The molecule has 2 aromatic rings. The third-order valence-corrected chi connectivity index (χ3v) is 3.03. The molecule has 0 unspecified atom stereocenters. The van der Waals surface area contributed by atoms with Gasteiger partial charge in [-0.25, -0.2) is 0 Å². The molecular formula is C13H19N5O. The summed E-state index contributed by atoms with van der Waals surface area (Å²) in [6.45, 7) is 7.72. The average Bonchev–Trinajstić information content (AvgIpc) is 2.87. The summed E-state index contributed by atoms with van der Waals surface area (Å²) in [6, 6.07) is 1.85. The van der Waals surface area contributed by atoms with E-state index >= 15 is 0 Å². The molecule has 0 radical (unpaired) electrons. The second kappa shape index (κ2) is 4.79. The Bertz CT molecular complexity index is 589. The number of amides is 1. The Hall–Kier alpha value is -2.24. The smallest absolute Gasteiger partial charge is 0.272 e. The van der Waals surface area contributed by atoms with E-state index in [4.69, 9.17) is 5.73 Å². The molecule has 0 fully saturated rings. The summed E-state index contributed by atoms with van der Waals surface area (Å²) in [5.74, 6) is -0.182. The number of carbonyl (C=O) groups excluding carboxylic acids is 1. The molecule has 0 aliphatic carbocycles. The average molecular weight is 261 g/mol. The maximum atomic E-state index is 12.3. The molecule has 4 N–H and O–H groups in total. The Labute approximate surface area is 112 Å². The van der Waals surface area contributed by atoms with Gasteiger partial charge in [0.25, 0.3) is 5.91 Å². The van der Waals surface area contributed by atoms with Crippen LogP contribution in [0.1, 0.15) is 41.8 Å². The van der Waals surface area contributed by atoms with Crippen LogP contribution >= 0.6 is 0 Å². The van der Waals surface area contributed by atoms with Gasteiger partial charge in [0.05, 0.1) is 22.8 Å². The number of nitrogens with one attached hydrogen (secondary N) is 2. The van der Waals surface area contributed by atoms with Crippen molar-refractivity contribution in [1.82, 2.24) is 14.8 Å². The molecule has 6 heteroatoms. The number of rotatable bonds is 3. The Morgan fingerprint density at radius 1 is 1.47 bits per heavy atom. The second-order valence-electron chi connectivity index (χ2n) is 4.92. The number of H-pyrrole nitrogens is 1. The van der Waals surface area contributed by atoms with E-state index in [9.17, 15) is 4.79 Å². The van der Waals surface area contributed by atoms with Gasteiger partial charge in [-0.3, -0.25) is 9.89 Å². The van der Waals surface area contributed by atoms with E-state index in [-0.39, 0.29) is 11.9 Å². The first-order valence-electron chi connectivity index (χ1n) is 6.20. The lowest BCUT2D eigenvalue weighted by Gasteiger charge is -2.12. The summed E-state index contributed by atoms with van der Waals surface area (Å²) < 4.78 is 1.86. The molecule has 0 atom stereocenters. The lowest BCUT2D eigenvalue weighted by molar-refractivity contribution is 0.101. The van der Waals surface area contributed by atoms with Crippen LogP contribution in [0.25, 0.3) is 0 Å². The summed E-state index contributed by atoms with van der Waals surface area (Å²) >= 11 is 0. The van der Waals surface area contributed by atoms with E-state index < -0.39 is 0 Å². The molecule has 0 aliphatic heterocycles. The minimum atomic E-state index is -0.182. The van der Waals surface area contributed by atoms with Crippen LogP contribution < -0.4 is 11.1 Å². The lowest BCUT2D eigenvalue weighted by Crippen LogP contribution is -2.18. The van der Waals surface area contributed by atoms with Crippen molar-refractivity contribution in [2.45, 2.75) is 33.7 Å². The first-order chi connectivity index (χ1) is 8.90. The zero-order valence-electron chi connectivity index (χ0n) is 11.6. The van der Waals surface area contributed by atoms with E-state index in [2.05, 4.69) is 15.5 Å². The highest BCUT2D eigenvalue weighted by atomic mass is 16.2. The highest BCUT2D eigenvalue weighted by Crippen LogP contribution is 2.20. The van der Waals surface area contributed by atoms with E-state index in [1.54, 1.807) is 12.3 Å². The number of anilines is 2. The van der Waals surface area contributed by atoms with E-state index in [0.717, 1.165) is 17.1 Å². The Morgan fingerprint density at radius 2 is 2.16 bits per heavy atom. The number of aromatic amines is 1. The molecule has 102 valence electrons. The van der Waals surface area contributed by atoms with Gasteiger partial charge < -0.3 is 15.6 Å². The predicted octanol–water partition coefficient (Wildman–Crippen LogP) is 2.24.